The summed E-state index contributed by atoms with van der Waals surface area (Å²) in [6, 6.07) is 9.62. The summed E-state index contributed by atoms with van der Waals surface area (Å²) in [6.07, 6.45) is 5.13. The summed E-state index contributed by atoms with van der Waals surface area (Å²) in [4.78, 5) is 2.90. The van der Waals surface area contributed by atoms with Gasteiger partial charge < -0.3 is 0 Å². The van der Waals surface area contributed by atoms with E-state index in [9.17, 15) is 0 Å². The molecule has 0 fully saturated rings. The Balaban J connectivity index is 2.52. The summed E-state index contributed by atoms with van der Waals surface area (Å²) in [5.74, 6) is 6.26. The van der Waals surface area contributed by atoms with Gasteiger partial charge in [0.25, 0.3) is 0 Å². The molecule has 0 saturated carbocycles. The molecule has 1 rings (SSSR count). The number of azide groups is 1. The van der Waals surface area contributed by atoms with Gasteiger partial charge in [-0.1, -0.05) is 55.2 Å². The van der Waals surface area contributed by atoms with Crippen LogP contribution in [0.3, 0.4) is 0 Å². The van der Waals surface area contributed by atoms with E-state index in [-0.39, 0.29) is 6.04 Å². The first-order valence-electron chi connectivity index (χ1n) is 6.43. The molecule has 0 spiro atoms. The minimum atomic E-state index is -0.171. The van der Waals surface area contributed by atoms with Gasteiger partial charge in [0.2, 0.25) is 0 Å². The van der Waals surface area contributed by atoms with Gasteiger partial charge in [0.05, 0.1) is 6.04 Å². The SMILES string of the molecule is CCCCCC#CCC(N=[N+]=[N-])c1ccccc1. The van der Waals surface area contributed by atoms with Crippen LogP contribution in [0.25, 0.3) is 10.4 Å². The fourth-order valence-corrected chi connectivity index (χ4v) is 1.68. The van der Waals surface area contributed by atoms with Gasteiger partial charge in [-0.15, -0.1) is 11.8 Å². The smallest absolute Gasteiger partial charge is 0.0734 e. The molecule has 0 heterocycles. The minimum Gasteiger partial charge on any atom is -0.103 e. The van der Waals surface area contributed by atoms with Crippen molar-refractivity contribution in [1.82, 2.24) is 0 Å². The Morgan fingerprint density at radius 1 is 1.22 bits per heavy atom. The quantitative estimate of drug-likeness (QED) is 0.221. The maximum absolute atomic E-state index is 8.58. The minimum absolute atomic E-state index is 0.171. The Kier molecular flexibility index (Phi) is 7.20. The van der Waals surface area contributed by atoms with Crippen molar-refractivity contribution in [3.05, 3.63) is 46.3 Å². The summed E-state index contributed by atoms with van der Waals surface area (Å²) >= 11 is 0. The van der Waals surface area contributed by atoms with Crippen LogP contribution in [0.4, 0.5) is 0 Å². The highest BCUT2D eigenvalue weighted by Gasteiger charge is 2.06. The van der Waals surface area contributed by atoms with E-state index in [0.717, 1.165) is 18.4 Å². The summed E-state index contributed by atoms with van der Waals surface area (Å²) in [6.45, 7) is 2.18. The maximum Gasteiger partial charge on any atom is 0.0734 e. The number of rotatable bonds is 6. The third-order valence-corrected chi connectivity index (χ3v) is 2.70. The van der Waals surface area contributed by atoms with Gasteiger partial charge in [0.15, 0.2) is 0 Å². The molecule has 0 radical (unpaired) electrons. The van der Waals surface area contributed by atoms with Gasteiger partial charge in [0, 0.05) is 17.8 Å². The summed E-state index contributed by atoms with van der Waals surface area (Å²) < 4.78 is 0. The molecule has 0 saturated heterocycles. The molecule has 3 heteroatoms. The molecule has 0 N–H and O–H groups in total. The lowest BCUT2D eigenvalue weighted by atomic mass is 10.0. The van der Waals surface area contributed by atoms with Crippen LogP contribution in [0.15, 0.2) is 35.4 Å². The van der Waals surface area contributed by atoms with Crippen molar-refractivity contribution in [1.29, 1.82) is 0 Å². The van der Waals surface area contributed by atoms with Crippen molar-refractivity contribution in [2.45, 2.75) is 45.1 Å². The fourth-order valence-electron chi connectivity index (χ4n) is 1.68. The molecule has 0 bridgehead atoms. The summed E-state index contributed by atoms with van der Waals surface area (Å²) in [5.41, 5.74) is 9.61. The largest absolute Gasteiger partial charge is 0.103 e. The van der Waals surface area contributed by atoms with Crippen molar-refractivity contribution in [2.24, 2.45) is 5.11 Å². The second-order valence-electron chi connectivity index (χ2n) is 4.15. The Bertz CT molecular complexity index is 436. The molecule has 18 heavy (non-hydrogen) atoms. The predicted molar refractivity (Wildman–Crippen MR) is 74.9 cm³/mol. The van der Waals surface area contributed by atoms with E-state index in [1.54, 1.807) is 0 Å². The van der Waals surface area contributed by atoms with Crippen molar-refractivity contribution in [2.75, 3.05) is 0 Å². The zero-order chi connectivity index (χ0) is 13.1. The number of benzene rings is 1. The second kappa shape index (κ2) is 9.15. The molecule has 0 aromatic heterocycles. The average molecular weight is 241 g/mol. The Hall–Kier alpha value is -1.91. The van der Waals surface area contributed by atoms with Gasteiger partial charge in [-0.2, -0.15) is 0 Å². The Morgan fingerprint density at radius 2 is 2.00 bits per heavy atom. The third kappa shape index (κ3) is 5.43. The van der Waals surface area contributed by atoms with Crippen LogP contribution < -0.4 is 0 Å². The molecule has 1 atom stereocenters. The first kappa shape index (κ1) is 14.2. The third-order valence-electron chi connectivity index (χ3n) is 2.70. The van der Waals surface area contributed by atoms with Crippen LogP contribution in [0, 0.1) is 11.8 Å². The topological polar surface area (TPSA) is 48.8 Å². The second-order valence-corrected chi connectivity index (χ2v) is 4.15. The standard InChI is InChI=1S/C15H19N3/c1-2-3-4-5-6-10-13-15(17-18-16)14-11-8-7-9-12-14/h7-9,11-12,15H,2-5,13H2,1H3. The highest BCUT2D eigenvalue weighted by molar-refractivity contribution is 5.21. The van der Waals surface area contributed by atoms with Gasteiger partial charge >= 0.3 is 0 Å². The number of nitrogens with zero attached hydrogens (tertiary/aromatic N) is 3. The normalized spacial score (nSPS) is 10.9. The molecule has 0 amide bonds. The lowest BCUT2D eigenvalue weighted by molar-refractivity contribution is 0.731. The Morgan fingerprint density at radius 3 is 2.67 bits per heavy atom. The zero-order valence-corrected chi connectivity index (χ0v) is 10.8. The van der Waals surface area contributed by atoms with Crippen LogP contribution in [-0.2, 0) is 0 Å². The van der Waals surface area contributed by atoms with E-state index >= 15 is 0 Å². The molecular weight excluding hydrogens is 222 g/mol. The number of unbranched alkanes of at least 4 members (excludes halogenated alkanes) is 3. The molecule has 94 valence electrons. The maximum atomic E-state index is 8.58. The molecule has 0 aliphatic rings. The van der Waals surface area contributed by atoms with Crippen LogP contribution in [0.2, 0.25) is 0 Å². The first-order chi connectivity index (χ1) is 8.88. The van der Waals surface area contributed by atoms with E-state index < -0.39 is 0 Å². The van der Waals surface area contributed by atoms with Crippen LogP contribution in [-0.4, -0.2) is 0 Å². The molecule has 0 aliphatic carbocycles. The zero-order valence-electron chi connectivity index (χ0n) is 10.8. The van der Waals surface area contributed by atoms with Crippen molar-refractivity contribution < 1.29 is 0 Å². The Labute approximate surface area is 109 Å². The fraction of sp³-hybridized carbons (Fsp3) is 0.467. The van der Waals surface area contributed by atoms with E-state index in [2.05, 4.69) is 28.8 Å². The van der Waals surface area contributed by atoms with E-state index in [1.165, 1.54) is 12.8 Å². The molecule has 1 aromatic rings. The van der Waals surface area contributed by atoms with E-state index in [0.29, 0.717) is 6.42 Å². The predicted octanol–water partition coefficient (Wildman–Crippen LogP) is 5.01. The van der Waals surface area contributed by atoms with Gasteiger partial charge in [-0.3, -0.25) is 0 Å². The monoisotopic (exact) mass is 241 g/mol. The van der Waals surface area contributed by atoms with Crippen LogP contribution in [0.1, 0.15) is 50.6 Å². The number of hydrogen-bond acceptors (Lipinski definition) is 1. The van der Waals surface area contributed by atoms with Gasteiger partial charge in [-0.05, 0) is 17.5 Å². The van der Waals surface area contributed by atoms with E-state index in [1.807, 2.05) is 30.3 Å². The highest BCUT2D eigenvalue weighted by atomic mass is 15.1. The molecular formula is C15H19N3. The first-order valence-corrected chi connectivity index (χ1v) is 6.43. The van der Waals surface area contributed by atoms with E-state index in [4.69, 9.17) is 5.53 Å². The number of hydrogen-bond donors (Lipinski definition) is 0. The van der Waals surface area contributed by atoms with Gasteiger partial charge in [-0.25, -0.2) is 0 Å². The average Bonchev–Trinajstić information content (AvgIpc) is 2.42. The molecule has 1 unspecified atom stereocenters. The molecule has 3 nitrogen and oxygen atoms in total. The lowest BCUT2D eigenvalue weighted by Crippen LogP contribution is -1.92. The van der Waals surface area contributed by atoms with Gasteiger partial charge in [0.1, 0.15) is 0 Å². The lowest BCUT2D eigenvalue weighted by Gasteiger charge is -2.06. The summed E-state index contributed by atoms with van der Waals surface area (Å²) in [5, 5.41) is 3.81. The van der Waals surface area contributed by atoms with Crippen LogP contribution >= 0.6 is 0 Å². The molecule has 0 aliphatic heterocycles. The van der Waals surface area contributed by atoms with Crippen molar-refractivity contribution in [3.8, 4) is 11.8 Å². The van der Waals surface area contributed by atoms with Crippen molar-refractivity contribution in [3.63, 3.8) is 0 Å². The van der Waals surface area contributed by atoms with Crippen LogP contribution in [0.5, 0.6) is 0 Å². The molecule has 1 aromatic carbocycles. The van der Waals surface area contributed by atoms with Crippen molar-refractivity contribution >= 4 is 0 Å². The summed E-state index contributed by atoms with van der Waals surface area (Å²) in [7, 11) is 0. The highest BCUT2D eigenvalue weighted by Crippen LogP contribution is 2.20.